The molecule has 0 fully saturated rings. The molecule has 108 valence electrons. The van der Waals surface area contributed by atoms with Gasteiger partial charge in [0.2, 0.25) is 5.91 Å². The number of carbonyl (C=O) groups excluding carboxylic acids is 1. The van der Waals surface area contributed by atoms with Crippen molar-refractivity contribution >= 4 is 5.91 Å². The van der Waals surface area contributed by atoms with Gasteiger partial charge in [-0.25, -0.2) is 8.78 Å². The number of halogens is 2. The third kappa shape index (κ3) is 8.36. The van der Waals surface area contributed by atoms with Crippen molar-refractivity contribution in [3.8, 4) is 0 Å². The number of amides is 1. The lowest BCUT2D eigenvalue weighted by molar-refractivity contribution is -0.134. The van der Waals surface area contributed by atoms with Gasteiger partial charge in [-0.2, -0.15) is 0 Å². The molecule has 0 rings (SSSR count). The van der Waals surface area contributed by atoms with Gasteiger partial charge in [-0.15, -0.1) is 0 Å². The first-order chi connectivity index (χ1) is 8.15. The highest BCUT2D eigenvalue weighted by Crippen LogP contribution is 2.21. The highest BCUT2D eigenvalue weighted by Gasteiger charge is 2.22. The molecule has 0 aliphatic rings. The predicted molar refractivity (Wildman–Crippen MR) is 66.3 cm³/mol. The zero-order valence-corrected chi connectivity index (χ0v) is 11.3. The molecule has 18 heavy (non-hydrogen) atoms. The number of aliphatic hydroxyl groups excluding tert-OH is 1. The van der Waals surface area contributed by atoms with E-state index in [1.807, 2.05) is 20.8 Å². The average molecular weight is 266 g/mol. The Morgan fingerprint density at radius 2 is 1.94 bits per heavy atom. The summed E-state index contributed by atoms with van der Waals surface area (Å²) in [5, 5.41) is 8.75. The van der Waals surface area contributed by atoms with Crippen LogP contribution in [0.2, 0.25) is 0 Å². The van der Waals surface area contributed by atoms with E-state index in [0.29, 0.717) is 6.42 Å². The molecule has 0 spiro atoms. The summed E-state index contributed by atoms with van der Waals surface area (Å²) in [6.45, 7) is 4.95. The summed E-state index contributed by atoms with van der Waals surface area (Å²) >= 11 is 0. The summed E-state index contributed by atoms with van der Waals surface area (Å²) in [5.41, 5.74) is 5.82. The van der Waals surface area contributed by atoms with Crippen LogP contribution in [0.15, 0.2) is 0 Å². The fourth-order valence-electron chi connectivity index (χ4n) is 1.82. The van der Waals surface area contributed by atoms with Crippen LogP contribution in [-0.4, -0.2) is 48.1 Å². The van der Waals surface area contributed by atoms with Crippen LogP contribution < -0.4 is 5.73 Å². The number of aliphatic hydroxyl groups is 1. The van der Waals surface area contributed by atoms with Gasteiger partial charge in [0.15, 0.2) is 0 Å². The maximum Gasteiger partial charge on any atom is 0.255 e. The first-order valence-corrected chi connectivity index (χ1v) is 6.08. The lowest BCUT2D eigenvalue weighted by atomic mass is 9.87. The molecule has 3 N–H and O–H groups in total. The van der Waals surface area contributed by atoms with Crippen molar-refractivity contribution in [1.82, 2.24) is 4.90 Å². The van der Waals surface area contributed by atoms with Crippen molar-refractivity contribution < 1.29 is 18.7 Å². The molecule has 0 radical (unpaired) electrons. The maximum atomic E-state index is 12.3. The molecule has 1 atom stereocenters. The van der Waals surface area contributed by atoms with Crippen molar-refractivity contribution in [1.29, 1.82) is 0 Å². The van der Waals surface area contributed by atoms with Crippen LogP contribution in [0, 0.1) is 5.41 Å². The fraction of sp³-hybridized carbons (Fsp3) is 0.917. The largest absolute Gasteiger partial charge is 0.395 e. The number of nitrogens with two attached hydrogens (primary N) is 1. The quantitative estimate of drug-likeness (QED) is 0.728. The van der Waals surface area contributed by atoms with Crippen molar-refractivity contribution in [3.05, 3.63) is 0 Å². The topological polar surface area (TPSA) is 66.6 Å². The zero-order chi connectivity index (χ0) is 14.3. The molecule has 1 amide bonds. The Balaban J connectivity index is 4.32. The van der Waals surface area contributed by atoms with Gasteiger partial charge in [0.05, 0.1) is 13.2 Å². The Morgan fingerprint density at radius 3 is 2.33 bits per heavy atom. The summed E-state index contributed by atoms with van der Waals surface area (Å²) in [4.78, 5) is 12.7. The molecule has 0 aliphatic carbocycles. The molecule has 0 bridgehead atoms. The second-order valence-corrected chi connectivity index (χ2v) is 5.68. The van der Waals surface area contributed by atoms with E-state index in [9.17, 15) is 13.6 Å². The Bertz CT molecular complexity index is 255. The van der Waals surface area contributed by atoms with E-state index in [0.717, 1.165) is 4.90 Å². The smallest absolute Gasteiger partial charge is 0.255 e. The molecule has 4 nitrogen and oxygen atoms in total. The summed E-state index contributed by atoms with van der Waals surface area (Å²) in [5.74, 6) is -0.430. The van der Waals surface area contributed by atoms with Gasteiger partial charge < -0.3 is 15.7 Å². The standard InChI is InChI=1S/C12H24F2N2O2/c1-12(2,3)7-9(15)6-11(18)16(4-5-17)8-10(13)14/h9-10,17H,4-8,15H2,1-3H3. The lowest BCUT2D eigenvalue weighted by Gasteiger charge is -2.26. The first-order valence-electron chi connectivity index (χ1n) is 6.08. The number of hydrogen-bond acceptors (Lipinski definition) is 3. The molecular weight excluding hydrogens is 242 g/mol. The van der Waals surface area contributed by atoms with E-state index in [-0.39, 0.29) is 31.0 Å². The van der Waals surface area contributed by atoms with Crippen LogP contribution in [0.25, 0.3) is 0 Å². The number of hydrogen-bond donors (Lipinski definition) is 2. The molecule has 0 heterocycles. The van der Waals surface area contributed by atoms with Gasteiger partial charge >= 0.3 is 0 Å². The number of alkyl halides is 2. The van der Waals surface area contributed by atoms with Crippen molar-refractivity contribution in [2.24, 2.45) is 11.1 Å². The Hall–Kier alpha value is -0.750. The van der Waals surface area contributed by atoms with Gasteiger partial charge in [0.25, 0.3) is 6.43 Å². The predicted octanol–water partition coefficient (Wildman–Crippen LogP) is 1.23. The van der Waals surface area contributed by atoms with E-state index >= 15 is 0 Å². The van der Waals surface area contributed by atoms with Gasteiger partial charge in [-0.05, 0) is 11.8 Å². The second kappa shape index (κ2) is 7.63. The van der Waals surface area contributed by atoms with E-state index in [1.54, 1.807) is 0 Å². The number of nitrogens with zero attached hydrogens (tertiary/aromatic N) is 1. The molecule has 0 aliphatic heterocycles. The molecular formula is C12H24F2N2O2. The molecule has 0 saturated heterocycles. The average Bonchev–Trinajstić information content (AvgIpc) is 2.12. The minimum absolute atomic E-state index is 0.00970. The molecule has 0 aromatic rings. The van der Waals surface area contributed by atoms with Gasteiger partial charge in [0.1, 0.15) is 0 Å². The van der Waals surface area contributed by atoms with E-state index in [2.05, 4.69) is 0 Å². The number of rotatable bonds is 7. The maximum absolute atomic E-state index is 12.3. The van der Waals surface area contributed by atoms with Crippen LogP contribution in [0.5, 0.6) is 0 Å². The Kier molecular flexibility index (Phi) is 7.32. The van der Waals surface area contributed by atoms with Crippen LogP contribution in [0.1, 0.15) is 33.6 Å². The summed E-state index contributed by atoms with van der Waals surface area (Å²) < 4.78 is 24.5. The molecule has 6 heteroatoms. The molecule has 0 aromatic heterocycles. The Morgan fingerprint density at radius 1 is 1.39 bits per heavy atom. The van der Waals surface area contributed by atoms with E-state index in [1.165, 1.54) is 0 Å². The highest BCUT2D eigenvalue weighted by atomic mass is 19.3. The summed E-state index contributed by atoms with van der Waals surface area (Å²) in [6, 6.07) is -0.351. The van der Waals surface area contributed by atoms with Crippen LogP contribution in [0.3, 0.4) is 0 Å². The van der Waals surface area contributed by atoms with E-state index in [4.69, 9.17) is 10.8 Å². The minimum Gasteiger partial charge on any atom is -0.395 e. The normalized spacial score (nSPS) is 13.8. The lowest BCUT2D eigenvalue weighted by Crippen LogP contribution is -2.41. The summed E-state index contributed by atoms with van der Waals surface area (Å²) in [7, 11) is 0. The summed E-state index contributed by atoms with van der Waals surface area (Å²) in [6.07, 6.45) is -1.93. The molecule has 0 saturated carbocycles. The fourth-order valence-corrected chi connectivity index (χ4v) is 1.82. The van der Waals surface area contributed by atoms with E-state index < -0.39 is 18.9 Å². The van der Waals surface area contributed by atoms with Crippen LogP contribution in [-0.2, 0) is 4.79 Å². The Labute approximate surface area is 107 Å². The van der Waals surface area contributed by atoms with Gasteiger partial charge in [0, 0.05) is 19.0 Å². The van der Waals surface area contributed by atoms with Crippen LogP contribution in [0.4, 0.5) is 8.78 Å². The number of carbonyl (C=O) groups is 1. The van der Waals surface area contributed by atoms with Crippen molar-refractivity contribution in [2.45, 2.75) is 46.1 Å². The third-order valence-electron chi connectivity index (χ3n) is 2.39. The third-order valence-corrected chi connectivity index (χ3v) is 2.39. The van der Waals surface area contributed by atoms with Gasteiger partial charge in [-0.3, -0.25) is 4.79 Å². The van der Waals surface area contributed by atoms with Gasteiger partial charge in [-0.1, -0.05) is 20.8 Å². The second-order valence-electron chi connectivity index (χ2n) is 5.68. The monoisotopic (exact) mass is 266 g/mol. The van der Waals surface area contributed by atoms with Crippen molar-refractivity contribution in [3.63, 3.8) is 0 Å². The van der Waals surface area contributed by atoms with Crippen LogP contribution >= 0.6 is 0 Å². The van der Waals surface area contributed by atoms with Crippen molar-refractivity contribution in [2.75, 3.05) is 19.7 Å². The molecule has 0 aromatic carbocycles. The minimum atomic E-state index is -2.60. The first kappa shape index (κ1) is 17.2. The zero-order valence-electron chi connectivity index (χ0n) is 11.3. The molecule has 1 unspecified atom stereocenters. The highest BCUT2D eigenvalue weighted by molar-refractivity contribution is 5.76. The SMILES string of the molecule is CC(C)(C)CC(N)CC(=O)N(CCO)CC(F)F.